The van der Waals surface area contributed by atoms with E-state index in [-0.39, 0.29) is 24.3 Å². The molecule has 1 heterocycles. The summed E-state index contributed by atoms with van der Waals surface area (Å²) in [5, 5.41) is 5.38. The second kappa shape index (κ2) is 9.17. The minimum atomic E-state index is -0.548. The molecule has 7 nitrogen and oxygen atoms in total. The van der Waals surface area contributed by atoms with Gasteiger partial charge in [0.25, 0.3) is 5.91 Å². The van der Waals surface area contributed by atoms with Gasteiger partial charge in [0.2, 0.25) is 11.8 Å². The Labute approximate surface area is 148 Å². The number of hydrogen-bond acceptors (Lipinski definition) is 4. The molecular formula is C18H26N4O3. The number of hydrogen-bond donors (Lipinski definition) is 2. The zero-order valence-corrected chi connectivity index (χ0v) is 14.8. The quantitative estimate of drug-likeness (QED) is 0.765. The first-order chi connectivity index (χ1) is 12.0. The molecule has 136 valence electrons. The molecule has 0 spiro atoms. The first-order valence-electron chi connectivity index (χ1n) is 8.65. The van der Waals surface area contributed by atoms with Crippen LogP contribution in [0.4, 0.5) is 0 Å². The highest BCUT2D eigenvalue weighted by molar-refractivity contribution is 5.94. The summed E-state index contributed by atoms with van der Waals surface area (Å²) in [6, 6.07) is 8.66. The van der Waals surface area contributed by atoms with Crippen LogP contribution >= 0.6 is 0 Å². The third-order valence-electron chi connectivity index (χ3n) is 4.17. The molecule has 1 fully saturated rings. The molecule has 0 unspecified atom stereocenters. The predicted octanol–water partition coefficient (Wildman–Crippen LogP) is 0.0852. The molecule has 0 aromatic heterocycles. The average molecular weight is 346 g/mol. The summed E-state index contributed by atoms with van der Waals surface area (Å²) in [5.74, 6) is -0.342. The lowest BCUT2D eigenvalue weighted by molar-refractivity contribution is -0.129. The number of piperazine rings is 1. The summed E-state index contributed by atoms with van der Waals surface area (Å²) in [4.78, 5) is 39.9. The molecule has 3 amide bonds. The number of rotatable bonds is 6. The van der Waals surface area contributed by atoms with Gasteiger partial charge in [-0.25, -0.2) is 0 Å². The van der Waals surface area contributed by atoms with E-state index in [1.54, 1.807) is 11.8 Å². The van der Waals surface area contributed by atoms with Gasteiger partial charge in [0.15, 0.2) is 0 Å². The number of likely N-dealkylation sites (N-methyl/N-ethyl adjacent to an activating group) is 1. The first kappa shape index (κ1) is 18.9. The van der Waals surface area contributed by atoms with Crippen molar-refractivity contribution in [3.05, 3.63) is 35.9 Å². The molecule has 1 aliphatic heterocycles. The van der Waals surface area contributed by atoms with E-state index in [0.29, 0.717) is 38.3 Å². The zero-order valence-electron chi connectivity index (χ0n) is 14.8. The fourth-order valence-electron chi connectivity index (χ4n) is 2.76. The standard InChI is InChI=1S/C18H26N4O3/c1-3-19-17(24)14(2)20-16(23)13-21-9-11-22(12-10-21)18(25)15-7-5-4-6-8-15/h4-8,14H,3,9-13H2,1-2H3,(H,19,24)(H,20,23)/t14-/m0/s1. The Hall–Kier alpha value is -2.41. The van der Waals surface area contributed by atoms with Crippen molar-refractivity contribution in [3.63, 3.8) is 0 Å². The number of nitrogens with zero attached hydrogens (tertiary/aromatic N) is 2. The summed E-state index contributed by atoms with van der Waals surface area (Å²) in [6.45, 7) is 6.73. The van der Waals surface area contributed by atoms with Crippen LogP contribution in [0.15, 0.2) is 30.3 Å². The van der Waals surface area contributed by atoms with Gasteiger partial charge in [-0.2, -0.15) is 0 Å². The monoisotopic (exact) mass is 346 g/mol. The minimum absolute atomic E-state index is 0.0227. The van der Waals surface area contributed by atoms with Crippen molar-refractivity contribution < 1.29 is 14.4 Å². The van der Waals surface area contributed by atoms with Crippen LogP contribution in [0.2, 0.25) is 0 Å². The molecule has 1 aromatic rings. The van der Waals surface area contributed by atoms with Crippen LogP contribution in [0.5, 0.6) is 0 Å². The molecule has 7 heteroatoms. The average Bonchev–Trinajstić information content (AvgIpc) is 2.62. The second-order valence-electron chi connectivity index (χ2n) is 6.12. The lowest BCUT2D eigenvalue weighted by Crippen LogP contribution is -2.53. The van der Waals surface area contributed by atoms with Crippen LogP contribution < -0.4 is 10.6 Å². The van der Waals surface area contributed by atoms with Gasteiger partial charge >= 0.3 is 0 Å². The predicted molar refractivity (Wildman–Crippen MR) is 95.1 cm³/mol. The van der Waals surface area contributed by atoms with E-state index in [2.05, 4.69) is 10.6 Å². The molecule has 0 bridgehead atoms. The summed E-state index contributed by atoms with van der Waals surface area (Å²) < 4.78 is 0. The Morgan fingerprint density at radius 3 is 2.32 bits per heavy atom. The van der Waals surface area contributed by atoms with E-state index in [9.17, 15) is 14.4 Å². The number of benzene rings is 1. The molecule has 1 aromatic carbocycles. The van der Waals surface area contributed by atoms with Crippen LogP contribution in [0.3, 0.4) is 0 Å². The molecule has 25 heavy (non-hydrogen) atoms. The number of nitrogens with one attached hydrogen (secondary N) is 2. The smallest absolute Gasteiger partial charge is 0.253 e. The molecule has 1 saturated heterocycles. The van der Waals surface area contributed by atoms with Gasteiger partial charge in [0, 0.05) is 38.3 Å². The van der Waals surface area contributed by atoms with E-state index in [4.69, 9.17) is 0 Å². The van der Waals surface area contributed by atoms with Gasteiger partial charge in [-0.1, -0.05) is 18.2 Å². The lowest BCUT2D eigenvalue weighted by atomic mass is 10.2. The Bertz CT molecular complexity index is 598. The van der Waals surface area contributed by atoms with Crippen LogP contribution in [0, 0.1) is 0 Å². The molecule has 2 N–H and O–H groups in total. The van der Waals surface area contributed by atoms with E-state index in [1.807, 2.05) is 42.2 Å². The Morgan fingerprint density at radius 1 is 1.08 bits per heavy atom. The normalized spacial score (nSPS) is 16.2. The summed E-state index contributed by atoms with van der Waals surface area (Å²) in [7, 11) is 0. The number of carbonyl (C=O) groups is 3. The Balaban J connectivity index is 1.76. The van der Waals surface area contributed by atoms with Crippen molar-refractivity contribution in [1.29, 1.82) is 0 Å². The van der Waals surface area contributed by atoms with Crippen LogP contribution in [0.1, 0.15) is 24.2 Å². The molecule has 1 atom stereocenters. The highest BCUT2D eigenvalue weighted by Crippen LogP contribution is 2.08. The maximum Gasteiger partial charge on any atom is 0.253 e. The third kappa shape index (κ3) is 5.56. The molecule has 0 aliphatic carbocycles. The third-order valence-corrected chi connectivity index (χ3v) is 4.17. The van der Waals surface area contributed by atoms with E-state index in [1.165, 1.54) is 0 Å². The van der Waals surface area contributed by atoms with Gasteiger partial charge < -0.3 is 15.5 Å². The number of carbonyl (C=O) groups excluding carboxylic acids is 3. The fourth-order valence-corrected chi connectivity index (χ4v) is 2.76. The maximum atomic E-state index is 12.4. The Kier molecular flexibility index (Phi) is 6.94. The van der Waals surface area contributed by atoms with Gasteiger partial charge in [-0.3, -0.25) is 19.3 Å². The SMILES string of the molecule is CCNC(=O)[C@H](C)NC(=O)CN1CCN(C(=O)c2ccccc2)CC1. The van der Waals surface area contributed by atoms with Gasteiger partial charge in [0.05, 0.1) is 6.54 Å². The van der Waals surface area contributed by atoms with Crippen molar-refractivity contribution in [1.82, 2.24) is 20.4 Å². The number of amides is 3. The van der Waals surface area contributed by atoms with Crippen molar-refractivity contribution in [3.8, 4) is 0 Å². The summed E-state index contributed by atoms with van der Waals surface area (Å²) in [5.41, 5.74) is 0.685. The summed E-state index contributed by atoms with van der Waals surface area (Å²) in [6.07, 6.45) is 0. The van der Waals surface area contributed by atoms with Crippen LogP contribution in [-0.2, 0) is 9.59 Å². The molecule has 0 saturated carbocycles. The maximum absolute atomic E-state index is 12.4. The highest BCUT2D eigenvalue weighted by atomic mass is 16.2. The minimum Gasteiger partial charge on any atom is -0.355 e. The van der Waals surface area contributed by atoms with E-state index in [0.717, 1.165) is 0 Å². The van der Waals surface area contributed by atoms with E-state index >= 15 is 0 Å². The topological polar surface area (TPSA) is 81.8 Å². The van der Waals surface area contributed by atoms with Gasteiger partial charge in [-0.05, 0) is 26.0 Å². The van der Waals surface area contributed by atoms with Crippen LogP contribution in [0.25, 0.3) is 0 Å². The second-order valence-corrected chi connectivity index (χ2v) is 6.12. The van der Waals surface area contributed by atoms with Crippen LogP contribution in [-0.4, -0.2) is 72.8 Å². The zero-order chi connectivity index (χ0) is 18.2. The van der Waals surface area contributed by atoms with Crippen molar-refractivity contribution in [2.45, 2.75) is 19.9 Å². The summed E-state index contributed by atoms with van der Waals surface area (Å²) >= 11 is 0. The van der Waals surface area contributed by atoms with Gasteiger partial charge in [0.1, 0.15) is 6.04 Å². The van der Waals surface area contributed by atoms with E-state index < -0.39 is 6.04 Å². The largest absolute Gasteiger partial charge is 0.355 e. The van der Waals surface area contributed by atoms with Crippen molar-refractivity contribution in [2.75, 3.05) is 39.3 Å². The molecular weight excluding hydrogens is 320 g/mol. The fraction of sp³-hybridized carbons (Fsp3) is 0.500. The van der Waals surface area contributed by atoms with Crippen molar-refractivity contribution in [2.24, 2.45) is 0 Å². The molecule has 0 radical (unpaired) electrons. The highest BCUT2D eigenvalue weighted by Gasteiger charge is 2.24. The first-order valence-corrected chi connectivity index (χ1v) is 8.65. The lowest BCUT2D eigenvalue weighted by Gasteiger charge is -2.34. The molecule has 1 aliphatic rings. The van der Waals surface area contributed by atoms with Crippen molar-refractivity contribution >= 4 is 17.7 Å². The Morgan fingerprint density at radius 2 is 1.72 bits per heavy atom. The molecule has 2 rings (SSSR count). The van der Waals surface area contributed by atoms with Gasteiger partial charge in [-0.15, -0.1) is 0 Å².